The first kappa shape index (κ1) is 12.7. The van der Waals surface area contributed by atoms with Gasteiger partial charge in [-0.3, -0.25) is 0 Å². The van der Waals surface area contributed by atoms with E-state index in [1.807, 2.05) is 31.2 Å². The summed E-state index contributed by atoms with van der Waals surface area (Å²) in [6.07, 6.45) is 3.09. The van der Waals surface area contributed by atoms with Gasteiger partial charge in [0.2, 0.25) is 0 Å². The number of aliphatic hydroxyl groups is 1. The van der Waals surface area contributed by atoms with Gasteiger partial charge in [-0.25, -0.2) is 15.0 Å². The molecule has 0 atom stereocenters. The van der Waals surface area contributed by atoms with Crippen LogP contribution in [0.2, 0.25) is 0 Å². The highest BCUT2D eigenvalue weighted by atomic mass is 16.3. The van der Waals surface area contributed by atoms with Crippen LogP contribution in [-0.2, 0) is 6.42 Å². The molecule has 0 bridgehead atoms. The standard InChI is InChI=1S/C15H15N3O2/c1-10-17-13-5-4-11(9-14(13)20-10)12-6-7-16-15(18-12)3-2-8-19/h4-7,9,19H,2-3,8H2,1H3. The highest BCUT2D eigenvalue weighted by molar-refractivity contribution is 5.79. The second-order valence-electron chi connectivity index (χ2n) is 4.60. The molecule has 0 aliphatic rings. The lowest BCUT2D eigenvalue weighted by atomic mass is 10.1. The molecule has 2 aromatic heterocycles. The molecule has 102 valence electrons. The summed E-state index contributed by atoms with van der Waals surface area (Å²) in [5, 5.41) is 8.86. The number of rotatable bonds is 4. The van der Waals surface area contributed by atoms with Gasteiger partial charge in [0, 0.05) is 31.7 Å². The van der Waals surface area contributed by atoms with Crippen LogP contribution >= 0.6 is 0 Å². The van der Waals surface area contributed by atoms with Crippen molar-refractivity contribution in [2.45, 2.75) is 19.8 Å². The SMILES string of the molecule is Cc1nc2ccc(-c3ccnc(CCCO)n3)cc2o1. The molecular weight excluding hydrogens is 254 g/mol. The third-order valence-corrected chi connectivity index (χ3v) is 3.06. The first-order valence-electron chi connectivity index (χ1n) is 6.56. The molecule has 1 aromatic carbocycles. The summed E-state index contributed by atoms with van der Waals surface area (Å²) in [4.78, 5) is 13.0. The maximum absolute atomic E-state index is 8.86. The lowest BCUT2D eigenvalue weighted by molar-refractivity contribution is 0.287. The molecule has 0 unspecified atom stereocenters. The lowest BCUT2D eigenvalue weighted by Gasteiger charge is -2.03. The number of fused-ring (bicyclic) bond motifs is 1. The second kappa shape index (κ2) is 5.38. The molecule has 3 rings (SSSR count). The normalized spacial score (nSPS) is 11.1. The maximum atomic E-state index is 8.86. The van der Waals surface area contributed by atoms with E-state index in [2.05, 4.69) is 15.0 Å². The first-order chi connectivity index (χ1) is 9.76. The molecule has 0 amide bonds. The van der Waals surface area contributed by atoms with Crippen LogP contribution in [0.3, 0.4) is 0 Å². The van der Waals surface area contributed by atoms with E-state index in [0.717, 1.165) is 28.2 Å². The van der Waals surface area contributed by atoms with Gasteiger partial charge in [-0.05, 0) is 24.6 Å². The zero-order valence-corrected chi connectivity index (χ0v) is 11.2. The smallest absolute Gasteiger partial charge is 0.192 e. The van der Waals surface area contributed by atoms with E-state index in [9.17, 15) is 0 Å². The van der Waals surface area contributed by atoms with Crippen LogP contribution in [-0.4, -0.2) is 26.7 Å². The van der Waals surface area contributed by atoms with Crippen molar-refractivity contribution in [1.29, 1.82) is 0 Å². The zero-order chi connectivity index (χ0) is 13.9. The van der Waals surface area contributed by atoms with Gasteiger partial charge in [-0.1, -0.05) is 6.07 Å². The minimum atomic E-state index is 0.150. The quantitative estimate of drug-likeness (QED) is 0.788. The highest BCUT2D eigenvalue weighted by Crippen LogP contribution is 2.23. The van der Waals surface area contributed by atoms with Gasteiger partial charge < -0.3 is 9.52 Å². The number of benzene rings is 1. The number of oxazole rings is 1. The average Bonchev–Trinajstić information content (AvgIpc) is 2.84. The van der Waals surface area contributed by atoms with E-state index in [1.165, 1.54) is 0 Å². The van der Waals surface area contributed by atoms with Gasteiger partial charge in [-0.2, -0.15) is 0 Å². The molecule has 0 saturated carbocycles. The Morgan fingerprint density at radius 2 is 2.10 bits per heavy atom. The summed E-state index contributed by atoms with van der Waals surface area (Å²) in [5.74, 6) is 1.40. The molecule has 5 nitrogen and oxygen atoms in total. The van der Waals surface area contributed by atoms with Gasteiger partial charge in [0.05, 0.1) is 5.69 Å². The Labute approximate surface area is 116 Å². The van der Waals surface area contributed by atoms with E-state index >= 15 is 0 Å². The van der Waals surface area contributed by atoms with Crippen molar-refractivity contribution in [2.24, 2.45) is 0 Å². The van der Waals surface area contributed by atoms with Crippen molar-refractivity contribution in [1.82, 2.24) is 15.0 Å². The topological polar surface area (TPSA) is 72.0 Å². The second-order valence-corrected chi connectivity index (χ2v) is 4.60. The third-order valence-electron chi connectivity index (χ3n) is 3.06. The van der Waals surface area contributed by atoms with Crippen LogP contribution in [0.5, 0.6) is 0 Å². The Morgan fingerprint density at radius 1 is 1.20 bits per heavy atom. The number of aromatic nitrogens is 3. The molecule has 1 N–H and O–H groups in total. The van der Waals surface area contributed by atoms with Crippen molar-refractivity contribution in [3.63, 3.8) is 0 Å². The Hall–Kier alpha value is -2.27. The lowest BCUT2D eigenvalue weighted by Crippen LogP contribution is -1.98. The number of hydrogen-bond donors (Lipinski definition) is 1. The average molecular weight is 269 g/mol. The number of aryl methyl sites for hydroxylation is 2. The van der Waals surface area contributed by atoms with Crippen molar-refractivity contribution in [3.8, 4) is 11.3 Å². The number of hydrogen-bond acceptors (Lipinski definition) is 5. The first-order valence-corrected chi connectivity index (χ1v) is 6.56. The monoisotopic (exact) mass is 269 g/mol. The van der Waals surface area contributed by atoms with Crippen molar-refractivity contribution in [3.05, 3.63) is 42.2 Å². The van der Waals surface area contributed by atoms with Gasteiger partial charge in [0.25, 0.3) is 0 Å². The largest absolute Gasteiger partial charge is 0.441 e. The van der Waals surface area contributed by atoms with Crippen LogP contribution < -0.4 is 0 Å². The molecule has 0 aliphatic heterocycles. The van der Waals surface area contributed by atoms with Crippen LogP contribution in [0.15, 0.2) is 34.9 Å². The van der Waals surface area contributed by atoms with Gasteiger partial charge in [0.15, 0.2) is 11.5 Å². The fourth-order valence-corrected chi connectivity index (χ4v) is 2.12. The van der Waals surface area contributed by atoms with Gasteiger partial charge >= 0.3 is 0 Å². The number of nitrogens with zero attached hydrogens (tertiary/aromatic N) is 3. The Kier molecular flexibility index (Phi) is 3.43. The number of aliphatic hydroxyl groups excluding tert-OH is 1. The van der Waals surface area contributed by atoms with Gasteiger partial charge in [-0.15, -0.1) is 0 Å². The van der Waals surface area contributed by atoms with E-state index in [0.29, 0.717) is 18.7 Å². The maximum Gasteiger partial charge on any atom is 0.192 e. The molecule has 20 heavy (non-hydrogen) atoms. The summed E-state index contributed by atoms with van der Waals surface area (Å²) in [6, 6.07) is 7.71. The van der Waals surface area contributed by atoms with Crippen molar-refractivity contribution >= 4 is 11.1 Å². The molecule has 0 spiro atoms. The van der Waals surface area contributed by atoms with Crippen molar-refractivity contribution in [2.75, 3.05) is 6.61 Å². The zero-order valence-electron chi connectivity index (χ0n) is 11.2. The molecule has 0 saturated heterocycles. The molecule has 0 radical (unpaired) electrons. The summed E-state index contributed by atoms with van der Waals surface area (Å²) in [5.41, 5.74) is 3.43. The molecule has 3 aromatic rings. The predicted octanol–water partition coefficient (Wildman–Crippen LogP) is 2.52. The minimum absolute atomic E-state index is 0.150. The molecule has 0 fully saturated rings. The Morgan fingerprint density at radius 3 is 2.95 bits per heavy atom. The predicted molar refractivity (Wildman–Crippen MR) is 75.2 cm³/mol. The molecule has 2 heterocycles. The van der Waals surface area contributed by atoms with E-state index < -0.39 is 0 Å². The third kappa shape index (κ3) is 2.53. The summed E-state index contributed by atoms with van der Waals surface area (Å²) >= 11 is 0. The highest BCUT2D eigenvalue weighted by Gasteiger charge is 2.07. The van der Waals surface area contributed by atoms with Crippen LogP contribution in [0, 0.1) is 6.92 Å². The van der Waals surface area contributed by atoms with Crippen LogP contribution in [0.1, 0.15) is 18.1 Å². The molecule has 0 aliphatic carbocycles. The molecular formula is C15H15N3O2. The summed E-state index contributed by atoms with van der Waals surface area (Å²) in [6.45, 7) is 1.98. The fraction of sp³-hybridized carbons (Fsp3) is 0.267. The van der Waals surface area contributed by atoms with Crippen LogP contribution in [0.25, 0.3) is 22.4 Å². The van der Waals surface area contributed by atoms with Crippen molar-refractivity contribution < 1.29 is 9.52 Å². The van der Waals surface area contributed by atoms with E-state index in [-0.39, 0.29) is 6.61 Å². The fourth-order valence-electron chi connectivity index (χ4n) is 2.12. The summed E-state index contributed by atoms with van der Waals surface area (Å²) < 4.78 is 5.54. The van der Waals surface area contributed by atoms with E-state index in [1.54, 1.807) is 6.20 Å². The minimum Gasteiger partial charge on any atom is -0.441 e. The Balaban J connectivity index is 1.97. The molecule has 5 heteroatoms. The van der Waals surface area contributed by atoms with E-state index in [4.69, 9.17) is 9.52 Å². The Bertz CT molecular complexity index is 737. The summed E-state index contributed by atoms with van der Waals surface area (Å²) in [7, 11) is 0. The van der Waals surface area contributed by atoms with Crippen LogP contribution in [0.4, 0.5) is 0 Å². The van der Waals surface area contributed by atoms with Gasteiger partial charge in [0.1, 0.15) is 11.3 Å².